The summed E-state index contributed by atoms with van der Waals surface area (Å²) in [5.41, 5.74) is 6.07. The smallest absolute Gasteiger partial charge is 0.251 e. The maximum atomic E-state index is 12.7. The van der Waals surface area contributed by atoms with Gasteiger partial charge in [-0.2, -0.15) is 0 Å². The Bertz CT molecular complexity index is 331. The first-order chi connectivity index (χ1) is 10.1. The fraction of sp³-hybridized carbons (Fsp3) is 0.941. The van der Waals surface area contributed by atoms with E-state index in [1.54, 1.807) is 0 Å². The summed E-state index contributed by atoms with van der Waals surface area (Å²) in [6, 6.07) is 0.228. The van der Waals surface area contributed by atoms with Crippen molar-refractivity contribution < 1.29 is 9.53 Å². The number of carbonyl (C=O) groups excluding carboxylic acids is 1. The topological polar surface area (TPSA) is 55.6 Å². The van der Waals surface area contributed by atoms with E-state index in [1.807, 2.05) is 18.7 Å². The van der Waals surface area contributed by atoms with Gasteiger partial charge in [-0.15, -0.1) is 12.4 Å². The fourth-order valence-corrected chi connectivity index (χ4v) is 3.74. The SMILES string of the molecule is CC(OC1CCCCCC1)C(=O)N1CCCCC1C(C)N.Cl. The van der Waals surface area contributed by atoms with E-state index in [1.165, 1.54) is 32.1 Å². The Hall–Kier alpha value is -0.320. The summed E-state index contributed by atoms with van der Waals surface area (Å²) in [5.74, 6) is 0.140. The van der Waals surface area contributed by atoms with Gasteiger partial charge in [0.15, 0.2) is 0 Å². The van der Waals surface area contributed by atoms with Gasteiger partial charge in [-0.25, -0.2) is 0 Å². The van der Waals surface area contributed by atoms with Crippen LogP contribution >= 0.6 is 12.4 Å². The van der Waals surface area contributed by atoms with Crippen LogP contribution in [0.15, 0.2) is 0 Å². The Kier molecular flexibility index (Phi) is 8.73. The first-order valence-corrected chi connectivity index (χ1v) is 8.81. The largest absolute Gasteiger partial charge is 0.365 e. The van der Waals surface area contributed by atoms with Crippen LogP contribution < -0.4 is 5.73 Å². The van der Waals surface area contributed by atoms with Gasteiger partial charge in [-0.05, 0) is 46.0 Å². The molecule has 22 heavy (non-hydrogen) atoms. The quantitative estimate of drug-likeness (QED) is 0.804. The highest BCUT2D eigenvalue weighted by atomic mass is 35.5. The number of amides is 1. The number of piperidine rings is 1. The lowest BCUT2D eigenvalue weighted by Gasteiger charge is -2.39. The molecule has 0 aromatic heterocycles. The molecule has 0 spiro atoms. The molecule has 2 rings (SSSR count). The van der Waals surface area contributed by atoms with Gasteiger partial charge in [-0.3, -0.25) is 4.79 Å². The lowest BCUT2D eigenvalue weighted by Crippen LogP contribution is -2.54. The number of ether oxygens (including phenoxy) is 1. The predicted molar refractivity (Wildman–Crippen MR) is 92.3 cm³/mol. The van der Waals surface area contributed by atoms with Crippen molar-refractivity contribution >= 4 is 18.3 Å². The van der Waals surface area contributed by atoms with Gasteiger partial charge in [0, 0.05) is 18.6 Å². The lowest BCUT2D eigenvalue weighted by atomic mass is 9.96. The first-order valence-electron chi connectivity index (χ1n) is 8.81. The average molecular weight is 333 g/mol. The molecule has 0 bridgehead atoms. The van der Waals surface area contributed by atoms with E-state index in [0.717, 1.165) is 32.2 Å². The highest BCUT2D eigenvalue weighted by Crippen LogP contribution is 2.24. The van der Waals surface area contributed by atoms with E-state index in [2.05, 4.69) is 0 Å². The third kappa shape index (κ3) is 5.39. The van der Waals surface area contributed by atoms with E-state index in [0.29, 0.717) is 0 Å². The normalized spacial score (nSPS) is 26.7. The molecule has 4 nitrogen and oxygen atoms in total. The maximum absolute atomic E-state index is 12.7. The van der Waals surface area contributed by atoms with E-state index >= 15 is 0 Å². The van der Waals surface area contributed by atoms with Gasteiger partial charge < -0.3 is 15.4 Å². The van der Waals surface area contributed by atoms with Crippen LogP contribution in [0.1, 0.15) is 71.6 Å². The maximum Gasteiger partial charge on any atom is 0.251 e. The lowest BCUT2D eigenvalue weighted by molar-refractivity contribution is -0.151. The molecule has 5 heteroatoms. The van der Waals surface area contributed by atoms with Gasteiger partial charge in [0.25, 0.3) is 5.91 Å². The molecule has 130 valence electrons. The average Bonchev–Trinajstić information content (AvgIpc) is 2.75. The highest BCUT2D eigenvalue weighted by molar-refractivity contribution is 5.85. The van der Waals surface area contributed by atoms with Crippen molar-refractivity contribution in [2.75, 3.05) is 6.54 Å². The second-order valence-corrected chi connectivity index (χ2v) is 6.85. The molecular weight excluding hydrogens is 300 g/mol. The second-order valence-electron chi connectivity index (χ2n) is 6.85. The van der Waals surface area contributed by atoms with Crippen LogP contribution in [-0.4, -0.2) is 41.6 Å². The molecule has 0 aromatic carbocycles. The van der Waals surface area contributed by atoms with Gasteiger partial charge in [-0.1, -0.05) is 25.7 Å². The van der Waals surface area contributed by atoms with E-state index in [4.69, 9.17) is 10.5 Å². The van der Waals surface area contributed by atoms with Crippen molar-refractivity contribution in [3.05, 3.63) is 0 Å². The molecule has 2 N–H and O–H groups in total. The van der Waals surface area contributed by atoms with Crippen molar-refractivity contribution in [1.29, 1.82) is 0 Å². The van der Waals surface area contributed by atoms with Crippen LogP contribution in [0.25, 0.3) is 0 Å². The third-order valence-corrected chi connectivity index (χ3v) is 4.99. The molecule has 1 aliphatic carbocycles. The summed E-state index contributed by atoms with van der Waals surface area (Å²) in [7, 11) is 0. The minimum Gasteiger partial charge on any atom is -0.365 e. The number of nitrogens with zero attached hydrogens (tertiary/aromatic N) is 1. The highest BCUT2D eigenvalue weighted by Gasteiger charge is 2.32. The van der Waals surface area contributed by atoms with Crippen LogP contribution in [-0.2, 0) is 9.53 Å². The Balaban J connectivity index is 0.00000242. The molecule has 2 fully saturated rings. The molecule has 1 saturated heterocycles. The molecule has 1 amide bonds. The van der Waals surface area contributed by atoms with Crippen LogP contribution in [0.3, 0.4) is 0 Å². The van der Waals surface area contributed by atoms with Crippen LogP contribution in [0.4, 0.5) is 0 Å². The molecule has 0 aromatic rings. The number of rotatable bonds is 4. The number of halogens is 1. The summed E-state index contributed by atoms with van der Waals surface area (Å²) < 4.78 is 6.08. The molecule has 1 heterocycles. The summed E-state index contributed by atoms with van der Waals surface area (Å²) in [5, 5.41) is 0. The minimum atomic E-state index is -0.326. The molecular formula is C17H33ClN2O2. The second kappa shape index (κ2) is 9.74. The van der Waals surface area contributed by atoms with Crippen molar-refractivity contribution in [1.82, 2.24) is 4.90 Å². The summed E-state index contributed by atoms with van der Waals surface area (Å²) in [6.07, 6.45) is 10.5. The zero-order valence-corrected chi connectivity index (χ0v) is 14.9. The first kappa shape index (κ1) is 19.7. The zero-order chi connectivity index (χ0) is 15.2. The summed E-state index contributed by atoms with van der Waals surface area (Å²) in [6.45, 7) is 4.76. The van der Waals surface area contributed by atoms with Crippen LogP contribution in [0.2, 0.25) is 0 Å². The molecule has 3 unspecified atom stereocenters. The number of hydrogen-bond acceptors (Lipinski definition) is 3. The van der Waals surface area contributed by atoms with E-state index in [-0.39, 0.29) is 42.6 Å². The van der Waals surface area contributed by atoms with Gasteiger partial charge in [0.2, 0.25) is 0 Å². The Labute approximate surface area is 141 Å². The minimum absolute atomic E-state index is 0. The number of carbonyl (C=O) groups is 1. The van der Waals surface area contributed by atoms with Crippen LogP contribution in [0.5, 0.6) is 0 Å². The predicted octanol–water partition coefficient (Wildman–Crippen LogP) is 3.26. The van der Waals surface area contributed by atoms with Gasteiger partial charge in [0.05, 0.1) is 6.10 Å². The Morgan fingerprint density at radius 1 is 1.05 bits per heavy atom. The fourth-order valence-electron chi connectivity index (χ4n) is 3.74. The Morgan fingerprint density at radius 3 is 2.23 bits per heavy atom. The van der Waals surface area contributed by atoms with Gasteiger partial charge in [0.1, 0.15) is 6.10 Å². The van der Waals surface area contributed by atoms with E-state index in [9.17, 15) is 4.79 Å². The van der Waals surface area contributed by atoms with E-state index < -0.39 is 0 Å². The molecule has 1 aliphatic heterocycles. The number of nitrogens with two attached hydrogens (primary N) is 1. The van der Waals surface area contributed by atoms with Crippen molar-refractivity contribution in [3.63, 3.8) is 0 Å². The van der Waals surface area contributed by atoms with Crippen LogP contribution in [0, 0.1) is 0 Å². The van der Waals surface area contributed by atoms with Crippen molar-refractivity contribution in [3.8, 4) is 0 Å². The monoisotopic (exact) mass is 332 g/mol. The van der Waals surface area contributed by atoms with Crippen molar-refractivity contribution in [2.24, 2.45) is 5.73 Å². The molecule has 0 radical (unpaired) electrons. The Morgan fingerprint density at radius 2 is 1.64 bits per heavy atom. The summed E-state index contributed by atoms with van der Waals surface area (Å²) in [4.78, 5) is 14.7. The number of hydrogen-bond donors (Lipinski definition) is 1. The van der Waals surface area contributed by atoms with Gasteiger partial charge >= 0.3 is 0 Å². The standard InChI is InChI=1S/C17H32N2O2.ClH/c1-13(18)16-11-7-8-12-19(16)17(20)14(2)21-15-9-5-3-4-6-10-15;/h13-16H,3-12,18H2,1-2H3;1H. The third-order valence-electron chi connectivity index (χ3n) is 4.99. The molecule has 1 saturated carbocycles. The molecule has 2 aliphatic rings. The summed E-state index contributed by atoms with van der Waals surface area (Å²) >= 11 is 0. The zero-order valence-electron chi connectivity index (χ0n) is 14.1. The molecule has 3 atom stereocenters. The van der Waals surface area contributed by atoms with Crippen molar-refractivity contribution in [2.45, 2.75) is 95.9 Å². The number of likely N-dealkylation sites (tertiary alicyclic amines) is 1.